The molecule has 3 rings (SSSR count). The van der Waals surface area contributed by atoms with E-state index in [4.69, 9.17) is 16.0 Å². The smallest absolute Gasteiger partial charge is 0.211 e. The molecule has 0 bridgehead atoms. The van der Waals surface area contributed by atoms with Crippen molar-refractivity contribution < 1.29 is 12.8 Å². The van der Waals surface area contributed by atoms with Crippen molar-refractivity contribution in [1.29, 1.82) is 0 Å². The van der Waals surface area contributed by atoms with Crippen LogP contribution in [0.5, 0.6) is 0 Å². The van der Waals surface area contributed by atoms with Crippen LogP contribution in [0.25, 0.3) is 0 Å². The predicted molar refractivity (Wildman–Crippen MR) is 99.1 cm³/mol. The molecule has 0 unspecified atom stereocenters. The number of benzene rings is 1. The molecule has 0 amide bonds. The van der Waals surface area contributed by atoms with Gasteiger partial charge in [-0.1, -0.05) is 29.8 Å². The van der Waals surface area contributed by atoms with E-state index in [9.17, 15) is 8.42 Å². The minimum absolute atomic E-state index is 0.251. The van der Waals surface area contributed by atoms with Crippen LogP contribution in [0, 0.1) is 0 Å². The van der Waals surface area contributed by atoms with Crippen molar-refractivity contribution in [2.75, 3.05) is 26.4 Å². The first kappa shape index (κ1) is 18.5. The lowest BCUT2D eigenvalue weighted by molar-refractivity contribution is 0.285. The Balaban J connectivity index is 1.58. The molecule has 1 fully saturated rings. The molecule has 2 aromatic rings. The van der Waals surface area contributed by atoms with Crippen molar-refractivity contribution in [2.45, 2.75) is 25.4 Å². The lowest BCUT2D eigenvalue weighted by Crippen LogP contribution is -2.24. The van der Waals surface area contributed by atoms with Crippen molar-refractivity contribution in [3.8, 4) is 0 Å². The molecule has 0 spiro atoms. The van der Waals surface area contributed by atoms with Crippen molar-refractivity contribution in [2.24, 2.45) is 0 Å². The third-order valence-electron chi connectivity index (χ3n) is 4.66. The van der Waals surface area contributed by atoms with Crippen molar-refractivity contribution in [3.05, 3.63) is 58.5 Å². The standard InChI is InChI=1S/C18H23ClN2O3S/c1-20(25(2,22)23)12-15-7-8-16(24-15)13-21-10-9-14(11-21)17-5-3-4-6-18(17)19/h3-8,14H,9-13H2,1-2H3/t14-/m1/s1. The molecule has 7 heteroatoms. The first-order chi connectivity index (χ1) is 11.8. The van der Waals surface area contributed by atoms with Gasteiger partial charge in [0.2, 0.25) is 10.0 Å². The molecule has 0 saturated carbocycles. The molecule has 0 aliphatic carbocycles. The lowest BCUT2D eigenvalue weighted by atomic mass is 9.98. The van der Waals surface area contributed by atoms with Gasteiger partial charge in [-0.2, -0.15) is 4.31 Å². The Morgan fingerprint density at radius 3 is 2.68 bits per heavy atom. The lowest BCUT2D eigenvalue weighted by Gasteiger charge is -2.15. The van der Waals surface area contributed by atoms with Crippen LogP contribution in [0.3, 0.4) is 0 Å². The summed E-state index contributed by atoms with van der Waals surface area (Å²) in [7, 11) is -1.66. The molecule has 1 aliphatic heterocycles. The van der Waals surface area contributed by atoms with Gasteiger partial charge in [0.15, 0.2) is 0 Å². The highest BCUT2D eigenvalue weighted by Crippen LogP contribution is 2.32. The summed E-state index contributed by atoms with van der Waals surface area (Å²) in [5.41, 5.74) is 1.21. The summed E-state index contributed by atoms with van der Waals surface area (Å²) in [6, 6.07) is 11.8. The number of rotatable bonds is 6. The minimum Gasteiger partial charge on any atom is -0.463 e. The van der Waals surface area contributed by atoms with E-state index in [1.54, 1.807) is 7.05 Å². The third kappa shape index (κ3) is 4.64. The molecule has 1 aliphatic rings. The maximum atomic E-state index is 11.5. The maximum Gasteiger partial charge on any atom is 0.211 e. The van der Waals surface area contributed by atoms with E-state index in [-0.39, 0.29) is 6.54 Å². The second-order valence-electron chi connectivity index (χ2n) is 6.63. The monoisotopic (exact) mass is 382 g/mol. The van der Waals surface area contributed by atoms with Crippen molar-refractivity contribution in [3.63, 3.8) is 0 Å². The van der Waals surface area contributed by atoms with E-state index in [1.807, 2.05) is 30.3 Å². The molecule has 2 heterocycles. The number of likely N-dealkylation sites (tertiary alicyclic amines) is 1. The van der Waals surface area contributed by atoms with Crippen LogP contribution in [-0.4, -0.2) is 44.0 Å². The van der Waals surface area contributed by atoms with Gasteiger partial charge >= 0.3 is 0 Å². The second kappa shape index (κ2) is 7.50. The van der Waals surface area contributed by atoms with Gasteiger partial charge in [-0.05, 0) is 42.6 Å². The largest absolute Gasteiger partial charge is 0.463 e. The Bertz CT molecular complexity index is 834. The highest BCUT2D eigenvalue weighted by Gasteiger charge is 2.26. The van der Waals surface area contributed by atoms with Crippen LogP contribution in [-0.2, 0) is 23.1 Å². The van der Waals surface area contributed by atoms with E-state index in [0.717, 1.165) is 36.8 Å². The van der Waals surface area contributed by atoms with Crippen LogP contribution in [0.1, 0.15) is 29.4 Å². The SMILES string of the molecule is CN(Cc1ccc(CN2CC[C@@H](c3ccccc3Cl)C2)o1)S(C)(=O)=O. The zero-order chi connectivity index (χ0) is 18.0. The number of furan rings is 1. The number of hydrogen-bond acceptors (Lipinski definition) is 4. The fraction of sp³-hybridized carbons (Fsp3) is 0.444. The minimum atomic E-state index is -3.21. The Kier molecular flexibility index (Phi) is 5.53. The molecule has 1 saturated heterocycles. The second-order valence-corrected chi connectivity index (χ2v) is 9.13. The molecule has 136 valence electrons. The average molecular weight is 383 g/mol. The van der Waals surface area contributed by atoms with Gasteiger partial charge in [0.25, 0.3) is 0 Å². The highest BCUT2D eigenvalue weighted by molar-refractivity contribution is 7.88. The predicted octanol–water partition coefficient (Wildman–Crippen LogP) is 3.31. The van der Waals surface area contributed by atoms with Crippen LogP contribution in [0.15, 0.2) is 40.8 Å². The van der Waals surface area contributed by atoms with Gasteiger partial charge in [-0.25, -0.2) is 8.42 Å². The molecule has 0 N–H and O–H groups in total. The average Bonchev–Trinajstić information content (AvgIpc) is 3.17. The molecule has 1 atom stereocenters. The van der Waals surface area contributed by atoms with Crippen LogP contribution >= 0.6 is 11.6 Å². The van der Waals surface area contributed by atoms with E-state index in [1.165, 1.54) is 16.1 Å². The van der Waals surface area contributed by atoms with Gasteiger partial charge in [-0.15, -0.1) is 0 Å². The van der Waals surface area contributed by atoms with E-state index >= 15 is 0 Å². The van der Waals surface area contributed by atoms with Crippen LogP contribution < -0.4 is 0 Å². The number of halogens is 1. The first-order valence-corrected chi connectivity index (χ1v) is 10.5. The number of hydrogen-bond donors (Lipinski definition) is 0. The maximum absolute atomic E-state index is 11.5. The Labute approximate surface area is 154 Å². The molecular formula is C18H23ClN2O3S. The highest BCUT2D eigenvalue weighted by atomic mass is 35.5. The Hall–Kier alpha value is -1.34. The van der Waals surface area contributed by atoms with E-state index < -0.39 is 10.0 Å². The fourth-order valence-electron chi connectivity index (χ4n) is 3.19. The molecular weight excluding hydrogens is 360 g/mol. The molecule has 0 radical (unpaired) electrons. The topological polar surface area (TPSA) is 53.8 Å². The Morgan fingerprint density at radius 2 is 1.96 bits per heavy atom. The Morgan fingerprint density at radius 1 is 1.24 bits per heavy atom. The summed E-state index contributed by atoms with van der Waals surface area (Å²) >= 11 is 6.31. The van der Waals surface area contributed by atoms with Gasteiger partial charge < -0.3 is 4.42 Å². The van der Waals surface area contributed by atoms with Gasteiger partial charge in [0.1, 0.15) is 11.5 Å². The normalized spacial score (nSPS) is 19.0. The number of sulfonamides is 1. The third-order valence-corrected chi connectivity index (χ3v) is 6.26. The zero-order valence-electron chi connectivity index (χ0n) is 14.5. The summed E-state index contributed by atoms with van der Waals surface area (Å²) < 4.78 is 30.0. The van der Waals surface area contributed by atoms with Gasteiger partial charge in [0.05, 0.1) is 19.3 Å². The van der Waals surface area contributed by atoms with Crippen molar-refractivity contribution >= 4 is 21.6 Å². The van der Waals surface area contributed by atoms with Crippen molar-refractivity contribution in [1.82, 2.24) is 9.21 Å². The molecule has 1 aromatic heterocycles. The summed E-state index contributed by atoms with van der Waals surface area (Å²) in [6.07, 6.45) is 2.27. The quantitative estimate of drug-likeness (QED) is 0.769. The molecule has 1 aromatic carbocycles. The first-order valence-electron chi connectivity index (χ1n) is 8.28. The summed E-state index contributed by atoms with van der Waals surface area (Å²) in [4.78, 5) is 2.34. The van der Waals surface area contributed by atoms with Gasteiger partial charge in [0, 0.05) is 18.6 Å². The fourth-order valence-corrected chi connectivity index (χ4v) is 3.84. The molecule has 25 heavy (non-hydrogen) atoms. The van der Waals surface area contributed by atoms with Crippen LogP contribution in [0.4, 0.5) is 0 Å². The zero-order valence-corrected chi connectivity index (χ0v) is 16.1. The van der Waals surface area contributed by atoms with E-state index in [2.05, 4.69) is 11.0 Å². The van der Waals surface area contributed by atoms with Crippen LogP contribution in [0.2, 0.25) is 5.02 Å². The van der Waals surface area contributed by atoms with Gasteiger partial charge in [-0.3, -0.25) is 4.90 Å². The number of nitrogens with zero attached hydrogens (tertiary/aromatic N) is 2. The molecule has 5 nitrogen and oxygen atoms in total. The summed E-state index contributed by atoms with van der Waals surface area (Å²) in [6.45, 7) is 2.92. The summed E-state index contributed by atoms with van der Waals surface area (Å²) in [5.74, 6) is 1.96. The summed E-state index contributed by atoms with van der Waals surface area (Å²) in [5, 5.41) is 0.832. The van der Waals surface area contributed by atoms with E-state index in [0.29, 0.717) is 11.7 Å².